The molecule has 2 aliphatic heterocycles. The van der Waals surface area contributed by atoms with Crippen molar-refractivity contribution in [1.82, 2.24) is 34.3 Å². The second-order valence-corrected chi connectivity index (χ2v) is 16.8. The highest BCUT2D eigenvalue weighted by molar-refractivity contribution is 6.09. The number of pyridine rings is 1. The van der Waals surface area contributed by atoms with E-state index in [9.17, 15) is 19.2 Å². The maximum Gasteiger partial charge on any atom is 0.329 e. The number of likely N-dealkylation sites (tertiary alicyclic amines) is 1. The minimum atomic E-state index is -0.536. The maximum absolute atomic E-state index is 15.7. The van der Waals surface area contributed by atoms with E-state index in [2.05, 4.69) is 25.3 Å². The van der Waals surface area contributed by atoms with Crippen LogP contribution in [-0.4, -0.2) is 79.2 Å². The topological polar surface area (TPSA) is 149 Å². The summed E-state index contributed by atoms with van der Waals surface area (Å²) in [6.07, 6.45) is 11.7. The van der Waals surface area contributed by atoms with Gasteiger partial charge in [0.1, 0.15) is 17.3 Å². The lowest BCUT2D eigenvalue weighted by molar-refractivity contribution is -0.120. The Morgan fingerprint density at radius 2 is 1.72 bits per heavy atom. The zero-order valence-corrected chi connectivity index (χ0v) is 33.2. The van der Waals surface area contributed by atoms with Crippen molar-refractivity contribution < 1.29 is 23.5 Å². The number of aryl methyl sites for hydroxylation is 1. The summed E-state index contributed by atoms with van der Waals surface area (Å²) in [5.41, 5.74) is 2.64. The molecule has 4 amide bonds. The van der Waals surface area contributed by atoms with E-state index < -0.39 is 6.03 Å². The highest BCUT2D eigenvalue weighted by Gasteiger charge is 2.32. The van der Waals surface area contributed by atoms with Crippen molar-refractivity contribution in [3.8, 4) is 5.75 Å². The molecular formula is C43H50FN9O5. The SMILES string of the molecule is CC(C)Oc1cc2nn([C@H]3CC[C@H](CN4CCC(c5cc6c(cc5F)c(N5CCC(=O)NC5=O)nn6C)CC4)CC3)cc2cc1C(=O)Nc1cccn(C2CC2)c1=O. The van der Waals surface area contributed by atoms with Crippen molar-refractivity contribution in [3.05, 3.63) is 76.1 Å². The van der Waals surface area contributed by atoms with Crippen LogP contribution in [-0.2, 0) is 11.8 Å². The average molecular weight is 792 g/mol. The van der Waals surface area contributed by atoms with Crippen molar-refractivity contribution in [2.45, 2.75) is 95.7 Å². The Labute approximate surface area is 335 Å². The summed E-state index contributed by atoms with van der Waals surface area (Å²) in [5, 5.41) is 16.1. The molecule has 2 aliphatic carbocycles. The summed E-state index contributed by atoms with van der Waals surface area (Å²) in [4.78, 5) is 54.8. The van der Waals surface area contributed by atoms with Gasteiger partial charge in [0.25, 0.3) is 11.5 Å². The first-order chi connectivity index (χ1) is 28.0. The molecule has 5 aromatic rings. The molecule has 2 saturated heterocycles. The van der Waals surface area contributed by atoms with E-state index in [1.54, 1.807) is 34.6 Å². The van der Waals surface area contributed by atoms with Crippen molar-refractivity contribution in [2.75, 3.05) is 36.4 Å². The third-order valence-electron chi connectivity index (χ3n) is 12.4. The number of hydrogen-bond acceptors (Lipinski definition) is 8. The second kappa shape index (κ2) is 15.3. The van der Waals surface area contributed by atoms with Crippen LogP contribution >= 0.6 is 0 Å². The summed E-state index contributed by atoms with van der Waals surface area (Å²) in [6.45, 7) is 6.88. The zero-order valence-electron chi connectivity index (χ0n) is 33.2. The molecule has 304 valence electrons. The zero-order chi connectivity index (χ0) is 40.2. The second-order valence-electron chi connectivity index (χ2n) is 16.8. The predicted octanol–water partition coefficient (Wildman–Crippen LogP) is 6.66. The quantitative estimate of drug-likeness (QED) is 0.160. The largest absolute Gasteiger partial charge is 0.490 e. The summed E-state index contributed by atoms with van der Waals surface area (Å²) in [7, 11) is 1.80. The fourth-order valence-corrected chi connectivity index (χ4v) is 9.16. The number of halogens is 1. The molecule has 4 fully saturated rings. The summed E-state index contributed by atoms with van der Waals surface area (Å²) < 4.78 is 27.3. The Morgan fingerprint density at radius 1 is 0.966 bits per heavy atom. The fourth-order valence-electron chi connectivity index (χ4n) is 9.16. The lowest BCUT2D eigenvalue weighted by Gasteiger charge is -2.37. The fraction of sp³-hybridized carbons (Fsp3) is 0.488. The van der Waals surface area contributed by atoms with Gasteiger partial charge in [-0.05, 0) is 126 Å². The van der Waals surface area contributed by atoms with Gasteiger partial charge in [-0.2, -0.15) is 10.2 Å². The van der Waals surface area contributed by atoms with Crippen LogP contribution < -0.4 is 25.8 Å². The van der Waals surface area contributed by atoms with Gasteiger partial charge in [0.05, 0.1) is 28.7 Å². The van der Waals surface area contributed by atoms with E-state index in [4.69, 9.17) is 9.84 Å². The van der Waals surface area contributed by atoms with Crippen molar-refractivity contribution in [3.63, 3.8) is 0 Å². The molecule has 2 N–H and O–H groups in total. The first kappa shape index (κ1) is 38.0. The van der Waals surface area contributed by atoms with Crippen LogP contribution in [0.4, 0.5) is 20.7 Å². The molecule has 3 aromatic heterocycles. The number of aromatic nitrogens is 5. The molecule has 14 nitrogen and oxygen atoms in total. The first-order valence-corrected chi connectivity index (χ1v) is 20.7. The standard InChI is InChI=1S/C43H50FN9O5/c1-25(2)58-38-22-36-28(19-33(38)41(55)45-35-5-4-15-51(42(35)56)29-10-11-29)24-53(47-36)30-8-6-26(7-9-30)23-50-16-12-27(13-17-50)31-21-37-32(20-34(31)44)40(48-49(37)3)52-18-14-39(54)46-43(52)57/h4-5,15,19-22,24-27,29-30H,6-14,16-18,23H2,1-3H3,(H,45,55)(H,46,54,57)/t26-,30-. The Bertz CT molecular complexity index is 2470. The Kier molecular flexibility index (Phi) is 10.0. The molecule has 0 bridgehead atoms. The maximum atomic E-state index is 15.7. The number of imide groups is 1. The van der Waals surface area contributed by atoms with Gasteiger partial charge in [0.2, 0.25) is 5.91 Å². The Hall–Kier alpha value is -5.57. The third kappa shape index (κ3) is 7.47. The molecule has 0 radical (unpaired) electrons. The molecule has 0 atom stereocenters. The van der Waals surface area contributed by atoms with E-state index in [0.717, 1.165) is 87.4 Å². The van der Waals surface area contributed by atoms with Crippen molar-refractivity contribution in [2.24, 2.45) is 13.0 Å². The van der Waals surface area contributed by atoms with Crippen LogP contribution in [0, 0.1) is 11.7 Å². The molecule has 15 heteroatoms. The Balaban J connectivity index is 0.816. The molecule has 0 spiro atoms. The smallest absolute Gasteiger partial charge is 0.329 e. The van der Waals surface area contributed by atoms with Gasteiger partial charge in [-0.1, -0.05) is 0 Å². The minimum Gasteiger partial charge on any atom is -0.490 e. The van der Waals surface area contributed by atoms with Crippen LogP contribution in [0.5, 0.6) is 5.75 Å². The van der Waals surface area contributed by atoms with Crippen LogP contribution in [0.1, 0.15) is 106 Å². The molecule has 9 rings (SSSR count). The number of ether oxygens (including phenoxy) is 1. The Morgan fingerprint density at radius 3 is 2.45 bits per heavy atom. The number of carbonyl (C=O) groups excluding carboxylic acids is 3. The molecule has 58 heavy (non-hydrogen) atoms. The number of nitrogens with one attached hydrogen (secondary N) is 2. The van der Waals surface area contributed by atoms with Gasteiger partial charge in [0.15, 0.2) is 5.82 Å². The van der Waals surface area contributed by atoms with E-state index in [0.29, 0.717) is 34.0 Å². The van der Waals surface area contributed by atoms with E-state index in [1.807, 2.05) is 38.2 Å². The molecule has 0 unspecified atom stereocenters. The first-order valence-electron chi connectivity index (χ1n) is 20.7. The predicted molar refractivity (Wildman–Crippen MR) is 218 cm³/mol. The van der Waals surface area contributed by atoms with E-state index in [-0.39, 0.29) is 65.9 Å². The molecule has 2 saturated carbocycles. The van der Waals surface area contributed by atoms with Crippen LogP contribution in [0.3, 0.4) is 0 Å². The van der Waals surface area contributed by atoms with Gasteiger partial charge >= 0.3 is 6.03 Å². The van der Waals surface area contributed by atoms with Crippen molar-refractivity contribution in [1.29, 1.82) is 0 Å². The monoisotopic (exact) mass is 791 g/mol. The lowest BCUT2D eigenvalue weighted by atomic mass is 9.84. The molecular weight excluding hydrogens is 742 g/mol. The van der Waals surface area contributed by atoms with E-state index >= 15 is 4.39 Å². The van der Waals surface area contributed by atoms with Crippen LogP contribution in [0.15, 0.2) is 53.6 Å². The summed E-state index contributed by atoms with van der Waals surface area (Å²) in [6, 6.07) is 10.4. The molecule has 2 aromatic carbocycles. The summed E-state index contributed by atoms with van der Waals surface area (Å²) in [5.74, 6) is 0.475. The van der Waals surface area contributed by atoms with Gasteiger partial charge in [0, 0.05) is 61.8 Å². The number of carbonyl (C=O) groups is 3. The molecule has 5 heterocycles. The highest BCUT2D eigenvalue weighted by Crippen LogP contribution is 2.38. The normalized spacial score (nSPS) is 20.9. The number of amides is 4. The van der Waals surface area contributed by atoms with Crippen LogP contribution in [0.25, 0.3) is 21.8 Å². The highest BCUT2D eigenvalue weighted by atomic mass is 19.1. The van der Waals surface area contributed by atoms with Gasteiger partial charge < -0.3 is 19.5 Å². The lowest BCUT2D eigenvalue weighted by Crippen LogP contribution is -2.49. The van der Waals surface area contributed by atoms with Gasteiger partial charge in [-0.3, -0.25) is 34.0 Å². The van der Waals surface area contributed by atoms with Crippen molar-refractivity contribution >= 4 is 51.2 Å². The number of piperidine rings is 1. The number of rotatable bonds is 10. The number of urea groups is 1. The number of nitrogens with zero attached hydrogens (tertiary/aromatic N) is 7. The van der Waals surface area contributed by atoms with Crippen LogP contribution in [0.2, 0.25) is 0 Å². The number of hydrogen-bond donors (Lipinski definition) is 2. The average Bonchev–Trinajstić information content (AvgIpc) is 3.88. The number of fused-ring (bicyclic) bond motifs is 2. The summed E-state index contributed by atoms with van der Waals surface area (Å²) >= 11 is 0. The minimum absolute atomic E-state index is 0.0966. The van der Waals surface area contributed by atoms with Gasteiger partial charge in [-0.15, -0.1) is 0 Å². The van der Waals surface area contributed by atoms with Gasteiger partial charge in [-0.25, -0.2) is 9.18 Å². The third-order valence-corrected chi connectivity index (χ3v) is 12.4. The number of anilines is 2. The van der Waals surface area contributed by atoms with E-state index in [1.165, 1.54) is 11.0 Å². The molecule has 4 aliphatic rings. The number of benzene rings is 2.